The van der Waals surface area contributed by atoms with Crippen LogP contribution in [0.5, 0.6) is 11.5 Å². The third kappa shape index (κ3) is 2.43. The van der Waals surface area contributed by atoms with Crippen molar-refractivity contribution in [1.29, 1.82) is 0 Å². The van der Waals surface area contributed by atoms with Crippen molar-refractivity contribution in [3.05, 3.63) is 54.1 Å². The number of hydrogen-bond acceptors (Lipinski definition) is 4. The van der Waals surface area contributed by atoms with Crippen LogP contribution in [0.1, 0.15) is 11.6 Å². The summed E-state index contributed by atoms with van der Waals surface area (Å²) >= 11 is 0. The summed E-state index contributed by atoms with van der Waals surface area (Å²) in [6.45, 7) is 3.27. The van der Waals surface area contributed by atoms with Gasteiger partial charge in [0.05, 0.1) is 0 Å². The Morgan fingerprint density at radius 3 is 2.76 bits per heavy atom. The van der Waals surface area contributed by atoms with Crippen LogP contribution in [0, 0.1) is 0 Å². The van der Waals surface area contributed by atoms with Crippen LogP contribution in [0.25, 0.3) is 0 Å². The van der Waals surface area contributed by atoms with E-state index in [0.29, 0.717) is 12.8 Å². The molecule has 4 nitrogen and oxygen atoms in total. The van der Waals surface area contributed by atoms with Crippen molar-refractivity contribution < 1.29 is 9.47 Å². The topological polar surface area (TPSA) is 33.7 Å². The largest absolute Gasteiger partial charge is 0.454 e. The number of nitrogens with zero attached hydrogens (tertiary/aromatic N) is 1. The summed E-state index contributed by atoms with van der Waals surface area (Å²) < 4.78 is 10.9. The number of rotatable bonds is 2. The van der Waals surface area contributed by atoms with Crippen LogP contribution < -0.4 is 19.7 Å². The van der Waals surface area contributed by atoms with Gasteiger partial charge in [-0.1, -0.05) is 30.3 Å². The minimum Gasteiger partial charge on any atom is -0.454 e. The molecule has 0 radical (unpaired) electrons. The first-order chi connectivity index (χ1) is 10.4. The summed E-state index contributed by atoms with van der Waals surface area (Å²) in [5.41, 5.74) is 2.53. The second-order valence-corrected chi connectivity index (χ2v) is 5.40. The molecule has 4 heteroatoms. The number of anilines is 1. The summed E-state index contributed by atoms with van der Waals surface area (Å²) in [7, 11) is 0. The molecule has 1 fully saturated rings. The third-order valence-electron chi connectivity index (χ3n) is 4.10. The molecule has 0 bridgehead atoms. The van der Waals surface area contributed by atoms with Gasteiger partial charge in [-0.3, -0.25) is 0 Å². The first-order valence-corrected chi connectivity index (χ1v) is 7.33. The van der Waals surface area contributed by atoms with Gasteiger partial charge in [-0.25, -0.2) is 0 Å². The smallest absolute Gasteiger partial charge is 0.231 e. The maximum absolute atomic E-state index is 5.48. The molecular formula is C17H18N2O2. The van der Waals surface area contributed by atoms with Gasteiger partial charge >= 0.3 is 0 Å². The minimum absolute atomic E-state index is 0.326. The van der Waals surface area contributed by atoms with E-state index in [0.717, 1.165) is 31.1 Å². The normalized spacial score (nSPS) is 20.6. The van der Waals surface area contributed by atoms with Gasteiger partial charge in [0.15, 0.2) is 11.5 Å². The van der Waals surface area contributed by atoms with Gasteiger partial charge in [0.2, 0.25) is 6.79 Å². The summed E-state index contributed by atoms with van der Waals surface area (Å²) in [5.74, 6) is 1.69. The highest BCUT2D eigenvalue weighted by molar-refractivity contribution is 5.57. The van der Waals surface area contributed by atoms with Crippen LogP contribution >= 0.6 is 0 Å². The van der Waals surface area contributed by atoms with Crippen molar-refractivity contribution in [2.45, 2.75) is 6.04 Å². The highest BCUT2D eigenvalue weighted by Crippen LogP contribution is 2.36. The van der Waals surface area contributed by atoms with E-state index in [1.807, 2.05) is 6.07 Å². The lowest BCUT2D eigenvalue weighted by Gasteiger charge is -2.35. The van der Waals surface area contributed by atoms with Crippen LogP contribution in [-0.4, -0.2) is 26.4 Å². The van der Waals surface area contributed by atoms with E-state index < -0.39 is 0 Å². The molecule has 1 unspecified atom stereocenters. The first-order valence-electron chi connectivity index (χ1n) is 7.33. The maximum Gasteiger partial charge on any atom is 0.231 e. The lowest BCUT2D eigenvalue weighted by atomic mass is 10.0. The van der Waals surface area contributed by atoms with E-state index >= 15 is 0 Å². The van der Waals surface area contributed by atoms with Crippen LogP contribution in [0.4, 0.5) is 5.69 Å². The van der Waals surface area contributed by atoms with Gasteiger partial charge in [-0.15, -0.1) is 0 Å². The fraction of sp³-hybridized carbons (Fsp3) is 0.294. The fourth-order valence-electron chi connectivity index (χ4n) is 2.97. The van der Waals surface area contributed by atoms with E-state index in [1.54, 1.807) is 0 Å². The quantitative estimate of drug-likeness (QED) is 0.918. The Kier molecular flexibility index (Phi) is 3.16. The van der Waals surface area contributed by atoms with Gasteiger partial charge in [0.25, 0.3) is 0 Å². The highest BCUT2D eigenvalue weighted by atomic mass is 16.7. The molecule has 0 amide bonds. The molecule has 0 aliphatic carbocycles. The Balaban J connectivity index is 1.55. The monoisotopic (exact) mass is 282 g/mol. The molecule has 2 aromatic rings. The van der Waals surface area contributed by atoms with Crippen LogP contribution in [0.3, 0.4) is 0 Å². The molecule has 0 spiro atoms. The van der Waals surface area contributed by atoms with Crippen LogP contribution in [0.15, 0.2) is 48.5 Å². The molecule has 21 heavy (non-hydrogen) atoms. The van der Waals surface area contributed by atoms with Gasteiger partial charge in [-0.05, 0) is 17.7 Å². The van der Waals surface area contributed by atoms with Crippen molar-refractivity contribution >= 4 is 5.69 Å². The molecule has 1 atom stereocenters. The molecule has 2 aliphatic heterocycles. The molecule has 1 N–H and O–H groups in total. The fourth-order valence-corrected chi connectivity index (χ4v) is 2.97. The molecule has 2 aromatic carbocycles. The molecule has 2 aliphatic rings. The summed E-state index contributed by atoms with van der Waals surface area (Å²) in [6, 6.07) is 17.2. The number of nitrogens with one attached hydrogen (secondary N) is 1. The Morgan fingerprint density at radius 1 is 1.00 bits per heavy atom. The van der Waals surface area contributed by atoms with Crippen LogP contribution in [0.2, 0.25) is 0 Å². The van der Waals surface area contributed by atoms with Gasteiger partial charge in [0.1, 0.15) is 0 Å². The number of ether oxygens (including phenoxy) is 2. The lowest BCUT2D eigenvalue weighted by molar-refractivity contribution is 0.174. The first kappa shape index (κ1) is 12.5. The molecule has 0 saturated carbocycles. The molecule has 4 rings (SSSR count). The zero-order chi connectivity index (χ0) is 14.1. The van der Waals surface area contributed by atoms with E-state index in [9.17, 15) is 0 Å². The van der Waals surface area contributed by atoms with E-state index in [-0.39, 0.29) is 0 Å². The van der Waals surface area contributed by atoms with Gasteiger partial charge < -0.3 is 19.7 Å². The maximum atomic E-state index is 5.48. The van der Waals surface area contributed by atoms with Crippen molar-refractivity contribution in [1.82, 2.24) is 5.32 Å². The summed E-state index contributed by atoms with van der Waals surface area (Å²) in [4.78, 5) is 2.40. The molecular weight excluding hydrogens is 264 g/mol. The van der Waals surface area contributed by atoms with Gasteiger partial charge in [-0.2, -0.15) is 0 Å². The van der Waals surface area contributed by atoms with Crippen molar-refractivity contribution in [3.63, 3.8) is 0 Å². The summed E-state index contributed by atoms with van der Waals surface area (Å²) in [6.07, 6.45) is 0. The SMILES string of the molecule is c1ccc(C2CN(c3ccc4c(c3)OCO4)CCN2)cc1. The number of fused-ring (bicyclic) bond motifs is 1. The molecule has 0 aromatic heterocycles. The predicted molar refractivity (Wildman–Crippen MR) is 82.0 cm³/mol. The third-order valence-corrected chi connectivity index (χ3v) is 4.10. The Bertz CT molecular complexity index is 630. The Labute approximate surface area is 124 Å². The number of hydrogen-bond donors (Lipinski definition) is 1. The lowest BCUT2D eigenvalue weighted by Crippen LogP contribution is -2.45. The minimum atomic E-state index is 0.326. The zero-order valence-corrected chi connectivity index (χ0v) is 11.8. The Hall–Kier alpha value is -2.20. The van der Waals surface area contributed by atoms with E-state index in [2.05, 4.69) is 52.7 Å². The van der Waals surface area contributed by atoms with E-state index in [1.165, 1.54) is 11.3 Å². The van der Waals surface area contributed by atoms with E-state index in [4.69, 9.17) is 9.47 Å². The number of benzene rings is 2. The zero-order valence-electron chi connectivity index (χ0n) is 11.8. The molecule has 1 saturated heterocycles. The van der Waals surface area contributed by atoms with Gasteiger partial charge in [0, 0.05) is 37.4 Å². The molecule has 2 heterocycles. The molecule has 108 valence electrons. The van der Waals surface area contributed by atoms with Crippen molar-refractivity contribution in [2.75, 3.05) is 31.3 Å². The number of piperazine rings is 1. The average molecular weight is 282 g/mol. The highest BCUT2D eigenvalue weighted by Gasteiger charge is 2.22. The second-order valence-electron chi connectivity index (χ2n) is 5.40. The second kappa shape index (κ2) is 5.30. The van der Waals surface area contributed by atoms with Crippen molar-refractivity contribution in [3.8, 4) is 11.5 Å². The van der Waals surface area contributed by atoms with Crippen LogP contribution in [-0.2, 0) is 0 Å². The van der Waals surface area contributed by atoms with Crippen molar-refractivity contribution in [2.24, 2.45) is 0 Å². The summed E-state index contributed by atoms with van der Waals surface area (Å²) in [5, 5.41) is 3.59. The average Bonchev–Trinajstić information content (AvgIpc) is 3.03. The standard InChI is InChI=1S/C17H18N2O2/c1-2-4-13(5-3-1)15-11-19(9-8-18-15)14-6-7-16-17(10-14)21-12-20-16/h1-7,10,15,18H,8-9,11-12H2. The predicted octanol–water partition coefficient (Wildman–Crippen LogP) is 2.57. The Morgan fingerprint density at radius 2 is 1.86 bits per heavy atom.